The third kappa shape index (κ3) is 6.11. The number of aromatic nitrogens is 1. The fraction of sp³-hybridized carbons (Fsp3) is 0.571. The second kappa shape index (κ2) is 9.01. The van der Waals surface area contributed by atoms with Crippen LogP contribution in [0, 0.1) is 11.8 Å². The predicted molar refractivity (Wildman–Crippen MR) is 98.6 cm³/mol. The van der Waals surface area contributed by atoms with Gasteiger partial charge in [0.15, 0.2) is 0 Å². The summed E-state index contributed by atoms with van der Waals surface area (Å²) in [5, 5.41) is 10.4. The molecule has 2 heterocycles. The van der Waals surface area contributed by atoms with Crippen molar-refractivity contribution >= 4 is 0 Å². The maximum absolute atomic E-state index is 10.4. The Balaban J connectivity index is 1.95. The standard InChI is InChI=1S/C21H30N2O/c1-18(2)9-6-12-21(3,24)13-8-16-23-15-5-4-11-20(23)19-10-7-14-22-17-19/h7,9-10,14,17,20,24H,4-6,11-12,15-16H2,1-3H3/p+1/t20-,21-/m0/s1. The molecule has 1 aliphatic heterocycles. The SMILES string of the molecule is CC(C)=CCC[C@](C)(O)C#CC[NH+]1CCCC[C@H]1c1cccnc1. The van der Waals surface area contributed by atoms with Crippen LogP contribution >= 0.6 is 0 Å². The number of quaternary nitrogens is 1. The van der Waals surface area contributed by atoms with Crippen LogP contribution in [0.5, 0.6) is 0 Å². The minimum absolute atomic E-state index is 0.484. The third-order valence-corrected chi connectivity index (χ3v) is 4.68. The summed E-state index contributed by atoms with van der Waals surface area (Å²) in [4.78, 5) is 5.77. The van der Waals surface area contributed by atoms with E-state index in [1.54, 1.807) is 0 Å². The van der Waals surface area contributed by atoms with Crippen molar-refractivity contribution in [1.29, 1.82) is 0 Å². The second-order valence-corrected chi connectivity index (χ2v) is 7.32. The number of nitrogens with one attached hydrogen (secondary N) is 1. The van der Waals surface area contributed by atoms with Crippen LogP contribution in [0.1, 0.15) is 64.5 Å². The first kappa shape index (κ1) is 18.7. The lowest BCUT2D eigenvalue weighted by molar-refractivity contribution is -0.930. The van der Waals surface area contributed by atoms with Gasteiger partial charge in [0.2, 0.25) is 0 Å². The Kier molecular flexibility index (Phi) is 7.02. The number of pyridine rings is 1. The molecule has 0 radical (unpaired) electrons. The Labute approximate surface area is 146 Å². The summed E-state index contributed by atoms with van der Waals surface area (Å²) in [5.41, 5.74) is 1.70. The maximum Gasteiger partial charge on any atom is 0.139 e. The van der Waals surface area contributed by atoms with E-state index in [2.05, 4.69) is 42.8 Å². The molecular formula is C21H31N2O+. The van der Waals surface area contributed by atoms with Gasteiger partial charge in [-0.3, -0.25) is 4.98 Å². The molecule has 3 heteroatoms. The van der Waals surface area contributed by atoms with E-state index < -0.39 is 5.60 Å². The zero-order chi connectivity index (χ0) is 17.4. The molecule has 0 amide bonds. The Hall–Kier alpha value is -1.63. The molecule has 24 heavy (non-hydrogen) atoms. The number of piperidine rings is 1. The van der Waals surface area contributed by atoms with Crippen molar-refractivity contribution in [2.75, 3.05) is 13.1 Å². The average molecular weight is 327 g/mol. The highest BCUT2D eigenvalue weighted by Gasteiger charge is 2.27. The molecule has 1 aliphatic rings. The van der Waals surface area contributed by atoms with Crippen LogP contribution in [0.15, 0.2) is 36.2 Å². The highest BCUT2D eigenvalue weighted by Crippen LogP contribution is 2.18. The smallest absolute Gasteiger partial charge is 0.139 e. The predicted octanol–water partition coefficient (Wildman–Crippen LogP) is 2.69. The van der Waals surface area contributed by atoms with Gasteiger partial charge in [0.05, 0.1) is 6.54 Å². The fourth-order valence-electron chi connectivity index (χ4n) is 3.33. The van der Waals surface area contributed by atoms with Crippen LogP contribution in [0.4, 0.5) is 0 Å². The number of hydrogen-bond donors (Lipinski definition) is 2. The van der Waals surface area contributed by atoms with Crippen LogP contribution in [-0.4, -0.2) is 28.8 Å². The van der Waals surface area contributed by atoms with Gasteiger partial charge in [-0.15, -0.1) is 0 Å². The Bertz CT molecular complexity index is 591. The molecule has 1 aromatic heterocycles. The van der Waals surface area contributed by atoms with Crippen molar-refractivity contribution in [3.8, 4) is 11.8 Å². The van der Waals surface area contributed by atoms with Crippen molar-refractivity contribution in [3.63, 3.8) is 0 Å². The van der Waals surface area contributed by atoms with Gasteiger partial charge in [-0.2, -0.15) is 0 Å². The number of rotatable bonds is 5. The molecule has 0 bridgehead atoms. The number of nitrogens with zero attached hydrogens (tertiary/aromatic N) is 1. The van der Waals surface area contributed by atoms with Crippen LogP contribution in [0.3, 0.4) is 0 Å². The first-order valence-electron chi connectivity index (χ1n) is 9.08. The van der Waals surface area contributed by atoms with Crippen molar-refractivity contribution in [2.45, 2.75) is 64.5 Å². The van der Waals surface area contributed by atoms with Gasteiger partial charge >= 0.3 is 0 Å². The molecular weight excluding hydrogens is 296 g/mol. The molecule has 3 atom stereocenters. The summed E-state index contributed by atoms with van der Waals surface area (Å²) in [6.07, 6.45) is 11.3. The molecule has 0 spiro atoms. The molecule has 0 aliphatic carbocycles. The number of likely N-dealkylation sites (tertiary alicyclic amines) is 1. The lowest BCUT2D eigenvalue weighted by atomic mass is 9.96. The largest absolute Gasteiger partial charge is 0.378 e. The second-order valence-electron chi connectivity index (χ2n) is 7.32. The van der Waals surface area contributed by atoms with E-state index in [9.17, 15) is 5.11 Å². The third-order valence-electron chi connectivity index (χ3n) is 4.68. The Morgan fingerprint density at radius 1 is 1.46 bits per heavy atom. The monoisotopic (exact) mass is 327 g/mol. The van der Waals surface area contributed by atoms with Gasteiger partial charge in [0.1, 0.15) is 18.2 Å². The quantitative estimate of drug-likeness (QED) is 0.644. The van der Waals surface area contributed by atoms with Gasteiger partial charge in [-0.25, -0.2) is 0 Å². The van der Waals surface area contributed by atoms with E-state index >= 15 is 0 Å². The van der Waals surface area contributed by atoms with Gasteiger partial charge < -0.3 is 10.0 Å². The number of hydrogen-bond acceptors (Lipinski definition) is 2. The Morgan fingerprint density at radius 3 is 3.00 bits per heavy atom. The highest BCUT2D eigenvalue weighted by atomic mass is 16.3. The van der Waals surface area contributed by atoms with E-state index in [0.29, 0.717) is 12.5 Å². The van der Waals surface area contributed by atoms with Crippen LogP contribution < -0.4 is 4.90 Å². The van der Waals surface area contributed by atoms with E-state index in [4.69, 9.17) is 0 Å². The maximum atomic E-state index is 10.4. The summed E-state index contributed by atoms with van der Waals surface area (Å²) in [6, 6.07) is 4.67. The highest BCUT2D eigenvalue weighted by molar-refractivity contribution is 5.14. The molecule has 1 aromatic rings. The van der Waals surface area contributed by atoms with Gasteiger partial charge in [-0.05, 0) is 58.4 Å². The van der Waals surface area contributed by atoms with Crippen molar-refractivity contribution in [1.82, 2.24) is 4.98 Å². The topological polar surface area (TPSA) is 37.6 Å². The minimum atomic E-state index is -0.898. The number of allylic oxidation sites excluding steroid dienone is 2. The lowest BCUT2D eigenvalue weighted by Crippen LogP contribution is -3.13. The molecule has 2 N–H and O–H groups in total. The average Bonchev–Trinajstić information content (AvgIpc) is 2.55. The van der Waals surface area contributed by atoms with E-state index in [0.717, 1.165) is 19.5 Å². The van der Waals surface area contributed by atoms with Crippen LogP contribution in [0.25, 0.3) is 0 Å². The molecule has 1 saturated heterocycles. The molecule has 3 nitrogen and oxygen atoms in total. The lowest BCUT2D eigenvalue weighted by Gasteiger charge is -2.31. The fourth-order valence-corrected chi connectivity index (χ4v) is 3.33. The summed E-state index contributed by atoms with van der Waals surface area (Å²) in [7, 11) is 0. The summed E-state index contributed by atoms with van der Waals surface area (Å²) in [5.74, 6) is 6.35. The zero-order valence-electron chi connectivity index (χ0n) is 15.3. The molecule has 2 rings (SSSR count). The summed E-state index contributed by atoms with van der Waals surface area (Å²) >= 11 is 0. The van der Waals surface area contributed by atoms with E-state index in [-0.39, 0.29) is 0 Å². The van der Waals surface area contributed by atoms with Crippen LogP contribution in [-0.2, 0) is 0 Å². The van der Waals surface area contributed by atoms with Crippen LogP contribution in [0.2, 0.25) is 0 Å². The molecule has 1 fully saturated rings. The molecule has 0 saturated carbocycles. The first-order valence-corrected chi connectivity index (χ1v) is 9.08. The molecule has 130 valence electrons. The van der Waals surface area contributed by atoms with Gasteiger partial charge in [0.25, 0.3) is 0 Å². The van der Waals surface area contributed by atoms with Gasteiger partial charge in [-0.1, -0.05) is 23.6 Å². The van der Waals surface area contributed by atoms with Crippen molar-refractivity contribution in [3.05, 3.63) is 41.7 Å². The number of aliphatic hydroxyl groups is 1. The zero-order valence-corrected chi connectivity index (χ0v) is 15.3. The normalized spacial score (nSPS) is 22.8. The molecule has 1 unspecified atom stereocenters. The summed E-state index contributed by atoms with van der Waals surface area (Å²) in [6.45, 7) is 7.92. The van der Waals surface area contributed by atoms with Gasteiger partial charge in [0, 0.05) is 24.4 Å². The van der Waals surface area contributed by atoms with E-state index in [1.165, 1.54) is 35.3 Å². The van der Waals surface area contributed by atoms with E-state index in [1.807, 2.05) is 25.4 Å². The molecule has 0 aromatic carbocycles. The first-order chi connectivity index (χ1) is 11.5. The summed E-state index contributed by atoms with van der Waals surface area (Å²) < 4.78 is 0. The van der Waals surface area contributed by atoms with Crippen molar-refractivity contribution in [2.24, 2.45) is 0 Å². The minimum Gasteiger partial charge on any atom is -0.378 e. The Morgan fingerprint density at radius 2 is 2.29 bits per heavy atom. The van der Waals surface area contributed by atoms with Crippen molar-refractivity contribution < 1.29 is 10.0 Å².